The lowest BCUT2D eigenvalue weighted by Gasteiger charge is -1.79. The van der Waals surface area contributed by atoms with Crippen molar-refractivity contribution in [2.24, 2.45) is 0 Å². The van der Waals surface area contributed by atoms with Crippen LogP contribution in [0.1, 0.15) is 21.1 Å². The third kappa shape index (κ3) is 3.95. The molecule has 0 atom stereocenters. The number of hydrogen-bond donors (Lipinski definition) is 2. The van der Waals surface area contributed by atoms with E-state index in [0.29, 0.717) is 0 Å². The van der Waals surface area contributed by atoms with Gasteiger partial charge in [0.2, 0.25) is 5.76 Å². The second kappa shape index (κ2) is 6.19. The highest BCUT2D eigenvalue weighted by Gasteiger charge is 2.01. The molecule has 0 N–H and O–H groups in total. The number of furan rings is 1. The average Bonchev–Trinajstić information content (AvgIpc) is 2.93. The molecule has 2 rings (SSSR count). The Kier molecular flexibility index (Phi) is 4.87. The molecule has 0 aliphatic heterocycles. The molecule has 0 aliphatic carbocycles. The molecule has 0 amide bonds. The average molecular weight is 257 g/mol. The molecule has 2 heterocycles. The summed E-state index contributed by atoms with van der Waals surface area (Å²) in [5.74, 6) is 0.460. The molecule has 0 fully saturated rings. The summed E-state index contributed by atoms with van der Waals surface area (Å²) in [6.07, 6.45) is 2.83. The number of hydrogen-bond acceptors (Lipinski definition) is 5. The zero-order valence-electron chi connectivity index (χ0n) is 7.86. The van der Waals surface area contributed by atoms with Crippen LogP contribution < -0.4 is 0 Å². The van der Waals surface area contributed by atoms with Crippen molar-refractivity contribution in [2.75, 3.05) is 0 Å². The Balaban J connectivity index is 0.000000160. The van der Waals surface area contributed by atoms with Gasteiger partial charge in [-0.3, -0.25) is 9.59 Å². The predicted molar refractivity (Wildman–Crippen MR) is 61.8 cm³/mol. The fourth-order valence-corrected chi connectivity index (χ4v) is 0.969. The smallest absolute Gasteiger partial charge is 0.254 e. The van der Waals surface area contributed by atoms with Gasteiger partial charge >= 0.3 is 0 Å². The highest BCUT2D eigenvalue weighted by Crippen LogP contribution is 2.02. The quantitative estimate of drug-likeness (QED) is 0.806. The predicted octanol–water partition coefficient (Wildman–Crippen LogP) is 2.09. The summed E-state index contributed by atoms with van der Waals surface area (Å²) in [5, 5.41) is 2.56. The molecule has 5 nitrogen and oxygen atoms in total. The number of rotatable bonds is 2. The highest BCUT2D eigenvalue weighted by molar-refractivity contribution is 7.97. The van der Waals surface area contributed by atoms with Crippen LogP contribution in [0.4, 0.5) is 0 Å². The van der Waals surface area contributed by atoms with E-state index >= 15 is 0 Å². The van der Waals surface area contributed by atoms with Gasteiger partial charge < -0.3 is 8.94 Å². The first-order valence-corrected chi connectivity index (χ1v) is 4.91. The first-order chi connectivity index (χ1) is 7.61. The Morgan fingerprint density at radius 2 is 1.81 bits per heavy atom. The molecule has 16 heavy (non-hydrogen) atoms. The highest BCUT2D eigenvalue weighted by atomic mass is 32.1. The lowest BCUT2D eigenvalue weighted by atomic mass is 10.5. The van der Waals surface area contributed by atoms with Crippen molar-refractivity contribution < 1.29 is 18.5 Å². The molecule has 2 aromatic heterocycles. The van der Waals surface area contributed by atoms with Crippen molar-refractivity contribution in [1.82, 2.24) is 5.16 Å². The SMILES string of the molecule is O=C(S)c1ccco1.O=C(S)c1ccno1. The van der Waals surface area contributed by atoms with E-state index in [4.69, 9.17) is 0 Å². The van der Waals surface area contributed by atoms with Gasteiger partial charge in [-0.05, 0) is 12.1 Å². The minimum Gasteiger partial charge on any atom is -0.460 e. The Morgan fingerprint density at radius 1 is 1.12 bits per heavy atom. The Bertz CT molecular complexity index is 406. The normalized spacial score (nSPS) is 9.12. The van der Waals surface area contributed by atoms with E-state index < -0.39 is 5.12 Å². The van der Waals surface area contributed by atoms with Crippen molar-refractivity contribution in [3.05, 3.63) is 42.2 Å². The lowest BCUT2D eigenvalue weighted by molar-refractivity contribution is 0.105. The topological polar surface area (TPSA) is 73.3 Å². The fourth-order valence-electron chi connectivity index (χ4n) is 0.726. The van der Waals surface area contributed by atoms with Gasteiger partial charge in [0.25, 0.3) is 10.2 Å². The van der Waals surface area contributed by atoms with Gasteiger partial charge in [0.15, 0.2) is 5.76 Å². The van der Waals surface area contributed by atoms with E-state index in [1.807, 2.05) is 0 Å². The second-order valence-electron chi connectivity index (χ2n) is 2.46. The van der Waals surface area contributed by atoms with Gasteiger partial charge in [0.1, 0.15) is 0 Å². The van der Waals surface area contributed by atoms with Gasteiger partial charge in [-0.15, -0.1) is 0 Å². The summed E-state index contributed by atoms with van der Waals surface area (Å²) < 4.78 is 9.09. The third-order valence-electron chi connectivity index (χ3n) is 1.38. The van der Waals surface area contributed by atoms with Crippen LogP contribution in [0.15, 0.2) is 39.6 Å². The zero-order valence-corrected chi connectivity index (χ0v) is 9.65. The Hall–Kier alpha value is -1.47. The van der Waals surface area contributed by atoms with Gasteiger partial charge in [-0.1, -0.05) is 30.4 Å². The Morgan fingerprint density at radius 3 is 2.06 bits per heavy atom. The van der Waals surface area contributed by atoms with Gasteiger partial charge in [0.05, 0.1) is 12.5 Å². The molecule has 7 heteroatoms. The molecule has 0 bridgehead atoms. The maximum atomic E-state index is 10.3. The van der Waals surface area contributed by atoms with Crippen molar-refractivity contribution in [3.63, 3.8) is 0 Å². The molecule has 0 aliphatic rings. The van der Waals surface area contributed by atoms with E-state index in [2.05, 4.69) is 39.4 Å². The van der Waals surface area contributed by atoms with Crippen molar-refractivity contribution in [3.8, 4) is 0 Å². The summed E-state index contributed by atoms with van der Waals surface area (Å²) in [6.45, 7) is 0. The van der Waals surface area contributed by atoms with E-state index in [9.17, 15) is 9.59 Å². The van der Waals surface area contributed by atoms with Crippen LogP contribution in [0, 0.1) is 0 Å². The first-order valence-electron chi connectivity index (χ1n) is 4.02. The molecule has 0 spiro atoms. The molecule has 0 unspecified atom stereocenters. The molecule has 2 aromatic rings. The van der Waals surface area contributed by atoms with Crippen LogP contribution in [0.25, 0.3) is 0 Å². The Labute approximate surface area is 102 Å². The number of thiol groups is 2. The number of carbonyl (C=O) groups excluding carboxylic acids is 2. The molecule has 0 aromatic carbocycles. The third-order valence-corrected chi connectivity index (χ3v) is 1.82. The largest absolute Gasteiger partial charge is 0.460 e. The molecular formula is C9H7NO4S2. The maximum Gasteiger partial charge on any atom is 0.254 e. The summed E-state index contributed by atoms with van der Waals surface area (Å²) in [6, 6.07) is 4.66. The molecule has 0 saturated carbocycles. The van der Waals surface area contributed by atoms with Crippen LogP contribution in [0.5, 0.6) is 0 Å². The summed E-state index contributed by atoms with van der Waals surface area (Å²) in [4.78, 5) is 20.5. The van der Waals surface area contributed by atoms with E-state index in [0.717, 1.165) is 0 Å². The van der Waals surface area contributed by atoms with Crippen LogP contribution in [-0.2, 0) is 0 Å². The summed E-state index contributed by atoms with van der Waals surface area (Å²) in [5.41, 5.74) is 0. The molecule has 84 valence electrons. The van der Waals surface area contributed by atoms with Crippen LogP contribution in [0.3, 0.4) is 0 Å². The number of aromatic nitrogens is 1. The lowest BCUT2D eigenvalue weighted by Crippen LogP contribution is -1.81. The fraction of sp³-hybridized carbons (Fsp3) is 0. The van der Waals surface area contributed by atoms with Gasteiger partial charge in [-0.25, -0.2) is 0 Å². The minimum absolute atomic E-state index is 0.174. The minimum atomic E-state index is -0.400. The summed E-state index contributed by atoms with van der Waals surface area (Å²) in [7, 11) is 0. The maximum absolute atomic E-state index is 10.3. The van der Waals surface area contributed by atoms with Crippen molar-refractivity contribution in [2.45, 2.75) is 0 Å². The van der Waals surface area contributed by atoms with Crippen LogP contribution in [0.2, 0.25) is 0 Å². The van der Waals surface area contributed by atoms with E-state index in [-0.39, 0.29) is 16.6 Å². The van der Waals surface area contributed by atoms with Gasteiger partial charge in [0, 0.05) is 6.07 Å². The number of nitrogens with zero attached hydrogens (tertiary/aromatic N) is 1. The van der Waals surface area contributed by atoms with Crippen molar-refractivity contribution in [1.29, 1.82) is 0 Å². The van der Waals surface area contributed by atoms with Crippen LogP contribution in [-0.4, -0.2) is 15.4 Å². The molecule has 0 radical (unpaired) electrons. The second-order valence-corrected chi connectivity index (χ2v) is 3.28. The molecule has 0 saturated heterocycles. The standard InChI is InChI=1S/C5H4O2S.C4H3NO2S/c6-5(8)4-2-1-3-7-4;6-4(8)3-1-2-5-7-3/h1-3H,(H,6,8);1-2H,(H,6,8). The van der Waals surface area contributed by atoms with Gasteiger partial charge in [-0.2, -0.15) is 0 Å². The zero-order chi connectivity index (χ0) is 12.0. The molecular weight excluding hydrogens is 250 g/mol. The van der Waals surface area contributed by atoms with Crippen molar-refractivity contribution >= 4 is 35.5 Å². The number of carbonyl (C=O) groups is 2. The van der Waals surface area contributed by atoms with E-state index in [1.54, 1.807) is 12.1 Å². The van der Waals surface area contributed by atoms with E-state index in [1.165, 1.54) is 18.5 Å². The monoisotopic (exact) mass is 257 g/mol. The first kappa shape index (κ1) is 12.6. The van der Waals surface area contributed by atoms with Crippen LogP contribution >= 0.6 is 25.3 Å². The summed E-state index contributed by atoms with van der Waals surface area (Å²) >= 11 is 7.00.